The Hall–Kier alpha value is -0.760. The number of hydrogen-bond donors (Lipinski definition) is 1. The minimum absolute atomic E-state index is 0.314. The van der Waals surface area contributed by atoms with Crippen molar-refractivity contribution in [3.05, 3.63) is 23.4 Å². The SMILES string of the molecule is CC1=C2NCCOC2CC=C1. The van der Waals surface area contributed by atoms with Gasteiger partial charge in [-0.25, -0.2) is 0 Å². The van der Waals surface area contributed by atoms with Gasteiger partial charge in [0.25, 0.3) is 0 Å². The average molecular weight is 151 g/mol. The Morgan fingerprint density at radius 1 is 1.64 bits per heavy atom. The Morgan fingerprint density at radius 2 is 2.55 bits per heavy atom. The first-order valence-corrected chi connectivity index (χ1v) is 4.11. The van der Waals surface area contributed by atoms with Crippen LogP contribution in [0.15, 0.2) is 23.4 Å². The highest BCUT2D eigenvalue weighted by Gasteiger charge is 2.21. The van der Waals surface area contributed by atoms with Crippen molar-refractivity contribution >= 4 is 0 Å². The van der Waals surface area contributed by atoms with Gasteiger partial charge in [0, 0.05) is 12.2 Å². The lowest BCUT2D eigenvalue weighted by Crippen LogP contribution is -2.37. The van der Waals surface area contributed by atoms with Gasteiger partial charge in [0.1, 0.15) is 6.10 Å². The van der Waals surface area contributed by atoms with Crippen molar-refractivity contribution < 1.29 is 4.74 Å². The smallest absolute Gasteiger partial charge is 0.101 e. The van der Waals surface area contributed by atoms with Crippen LogP contribution in [-0.4, -0.2) is 19.3 Å². The summed E-state index contributed by atoms with van der Waals surface area (Å²) in [6.45, 7) is 3.92. The first-order valence-electron chi connectivity index (χ1n) is 4.11. The first-order chi connectivity index (χ1) is 5.38. The average Bonchev–Trinajstić information content (AvgIpc) is 2.06. The fourth-order valence-corrected chi connectivity index (χ4v) is 1.62. The Labute approximate surface area is 66.9 Å². The van der Waals surface area contributed by atoms with Crippen molar-refractivity contribution in [2.45, 2.75) is 19.4 Å². The third-order valence-electron chi connectivity index (χ3n) is 2.20. The summed E-state index contributed by atoms with van der Waals surface area (Å²) in [7, 11) is 0. The minimum atomic E-state index is 0.314. The largest absolute Gasteiger partial charge is 0.384 e. The van der Waals surface area contributed by atoms with Gasteiger partial charge in [-0.2, -0.15) is 0 Å². The van der Waals surface area contributed by atoms with Crippen molar-refractivity contribution in [3.63, 3.8) is 0 Å². The predicted molar refractivity (Wildman–Crippen MR) is 44.2 cm³/mol. The normalized spacial score (nSPS) is 29.7. The van der Waals surface area contributed by atoms with Gasteiger partial charge in [-0.15, -0.1) is 0 Å². The van der Waals surface area contributed by atoms with Gasteiger partial charge in [0.05, 0.1) is 6.61 Å². The van der Waals surface area contributed by atoms with Crippen LogP contribution < -0.4 is 5.32 Å². The lowest BCUT2D eigenvalue weighted by Gasteiger charge is -2.30. The van der Waals surface area contributed by atoms with Crippen molar-refractivity contribution in [3.8, 4) is 0 Å². The van der Waals surface area contributed by atoms with Crippen molar-refractivity contribution in [1.29, 1.82) is 0 Å². The fraction of sp³-hybridized carbons (Fsp3) is 0.556. The van der Waals surface area contributed by atoms with E-state index in [0.717, 1.165) is 19.6 Å². The van der Waals surface area contributed by atoms with Gasteiger partial charge >= 0.3 is 0 Å². The van der Waals surface area contributed by atoms with E-state index in [4.69, 9.17) is 4.74 Å². The summed E-state index contributed by atoms with van der Waals surface area (Å²) in [4.78, 5) is 0. The molecule has 0 radical (unpaired) electrons. The molecule has 1 unspecified atom stereocenters. The van der Waals surface area contributed by atoms with E-state index >= 15 is 0 Å². The summed E-state index contributed by atoms with van der Waals surface area (Å²) in [5.41, 5.74) is 2.61. The number of allylic oxidation sites excluding steroid dienone is 2. The summed E-state index contributed by atoms with van der Waals surface area (Å²) < 4.78 is 5.58. The number of hydrogen-bond acceptors (Lipinski definition) is 2. The molecule has 0 amide bonds. The molecule has 1 heterocycles. The van der Waals surface area contributed by atoms with Gasteiger partial charge < -0.3 is 10.1 Å². The predicted octanol–water partition coefficient (Wildman–Crippen LogP) is 1.21. The summed E-state index contributed by atoms with van der Waals surface area (Å²) in [5.74, 6) is 0. The molecule has 2 nitrogen and oxygen atoms in total. The lowest BCUT2D eigenvalue weighted by atomic mass is 10.0. The molecule has 0 aromatic heterocycles. The maximum atomic E-state index is 5.58. The zero-order chi connectivity index (χ0) is 7.68. The van der Waals surface area contributed by atoms with Crippen LogP contribution in [-0.2, 0) is 4.74 Å². The van der Waals surface area contributed by atoms with E-state index in [2.05, 4.69) is 24.4 Å². The second kappa shape index (κ2) is 2.70. The molecule has 2 heteroatoms. The molecule has 1 saturated heterocycles. The zero-order valence-corrected chi connectivity index (χ0v) is 6.76. The van der Waals surface area contributed by atoms with Crippen LogP contribution in [0.3, 0.4) is 0 Å². The number of ether oxygens (including phenoxy) is 1. The highest BCUT2D eigenvalue weighted by atomic mass is 16.5. The van der Waals surface area contributed by atoms with E-state index in [1.165, 1.54) is 11.3 Å². The van der Waals surface area contributed by atoms with Crippen LogP contribution in [0.4, 0.5) is 0 Å². The second-order valence-electron chi connectivity index (χ2n) is 3.02. The molecule has 60 valence electrons. The molecule has 0 aromatic carbocycles. The molecular formula is C9H13NO. The topological polar surface area (TPSA) is 21.3 Å². The van der Waals surface area contributed by atoms with Crippen LogP contribution in [0, 0.1) is 0 Å². The van der Waals surface area contributed by atoms with Crippen LogP contribution in [0.5, 0.6) is 0 Å². The van der Waals surface area contributed by atoms with E-state index in [1.54, 1.807) is 0 Å². The third-order valence-corrected chi connectivity index (χ3v) is 2.20. The van der Waals surface area contributed by atoms with Crippen molar-refractivity contribution in [2.24, 2.45) is 0 Å². The second-order valence-corrected chi connectivity index (χ2v) is 3.02. The zero-order valence-electron chi connectivity index (χ0n) is 6.76. The van der Waals surface area contributed by atoms with Gasteiger partial charge in [-0.05, 0) is 18.9 Å². The molecule has 1 N–H and O–H groups in total. The molecule has 1 aliphatic carbocycles. The number of rotatable bonds is 0. The molecule has 2 aliphatic rings. The summed E-state index contributed by atoms with van der Waals surface area (Å²) >= 11 is 0. The summed E-state index contributed by atoms with van der Waals surface area (Å²) in [5, 5.41) is 3.37. The molecule has 0 aromatic rings. The lowest BCUT2D eigenvalue weighted by molar-refractivity contribution is 0.0540. The van der Waals surface area contributed by atoms with Crippen molar-refractivity contribution in [2.75, 3.05) is 13.2 Å². The fourth-order valence-electron chi connectivity index (χ4n) is 1.62. The molecule has 1 atom stereocenters. The molecule has 11 heavy (non-hydrogen) atoms. The molecule has 1 fully saturated rings. The Bertz CT molecular complexity index is 218. The monoisotopic (exact) mass is 151 g/mol. The minimum Gasteiger partial charge on any atom is -0.384 e. The highest BCUT2D eigenvalue weighted by Crippen LogP contribution is 2.21. The summed E-state index contributed by atoms with van der Waals surface area (Å²) in [6.07, 6.45) is 5.68. The van der Waals surface area contributed by atoms with Gasteiger partial charge in [-0.1, -0.05) is 12.2 Å². The Morgan fingerprint density at radius 3 is 3.36 bits per heavy atom. The Kier molecular flexibility index (Phi) is 1.70. The van der Waals surface area contributed by atoms with E-state index in [0.29, 0.717) is 6.10 Å². The van der Waals surface area contributed by atoms with Gasteiger partial charge in [0.2, 0.25) is 0 Å². The van der Waals surface area contributed by atoms with E-state index in [1.807, 2.05) is 0 Å². The number of morpholine rings is 1. The standard InChI is InChI=1S/C9H13NO/c1-7-3-2-4-8-9(7)10-5-6-11-8/h2-3,8,10H,4-6H2,1H3. The van der Waals surface area contributed by atoms with E-state index in [9.17, 15) is 0 Å². The third kappa shape index (κ3) is 1.18. The van der Waals surface area contributed by atoms with Gasteiger partial charge in [0.15, 0.2) is 0 Å². The summed E-state index contributed by atoms with van der Waals surface area (Å²) in [6, 6.07) is 0. The first kappa shape index (κ1) is 6.92. The molecule has 0 saturated carbocycles. The maximum absolute atomic E-state index is 5.58. The quantitative estimate of drug-likeness (QED) is 0.562. The van der Waals surface area contributed by atoms with Gasteiger partial charge in [-0.3, -0.25) is 0 Å². The van der Waals surface area contributed by atoms with Crippen LogP contribution in [0.2, 0.25) is 0 Å². The number of fused-ring (bicyclic) bond motifs is 1. The molecular weight excluding hydrogens is 138 g/mol. The van der Waals surface area contributed by atoms with Crippen LogP contribution >= 0.6 is 0 Å². The molecule has 1 aliphatic heterocycles. The maximum Gasteiger partial charge on any atom is 0.101 e. The molecule has 0 spiro atoms. The van der Waals surface area contributed by atoms with Crippen LogP contribution in [0.1, 0.15) is 13.3 Å². The molecule has 2 rings (SSSR count). The van der Waals surface area contributed by atoms with E-state index in [-0.39, 0.29) is 0 Å². The van der Waals surface area contributed by atoms with E-state index < -0.39 is 0 Å². The van der Waals surface area contributed by atoms with Crippen molar-refractivity contribution in [1.82, 2.24) is 5.32 Å². The number of nitrogens with one attached hydrogen (secondary N) is 1. The molecule has 0 bridgehead atoms. The van der Waals surface area contributed by atoms with Crippen LogP contribution in [0.25, 0.3) is 0 Å². The highest BCUT2D eigenvalue weighted by molar-refractivity contribution is 5.30. The Balaban J connectivity index is 2.25.